The van der Waals surface area contributed by atoms with Crippen LogP contribution in [0.3, 0.4) is 0 Å². The number of hydrogen-bond acceptors (Lipinski definition) is 6. The maximum atomic E-state index is 13.4. The molecule has 1 N–H and O–H groups in total. The molecule has 1 amide bonds. The fourth-order valence-electron chi connectivity index (χ4n) is 3.58. The summed E-state index contributed by atoms with van der Waals surface area (Å²) in [5, 5.41) is 12.9. The van der Waals surface area contributed by atoms with Crippen LogP contribution in [0.15, 0.2) is 83.8 Å². The minimum absolute atomic E-state index is 0.0228. The van der Waals surface area contributed by atoms with Crippen LogP contribution in [-0.4, -0.2) is 26.4 Å². The quantitative estimate of drug-likeness (QED) is 0.304. The van der Waals surface area contributed by atoms with Crippen molar-refractivity contribution < 1.29 is 18.0 Å². The summed E-state index contributed by atoms with van der Waals surface area (Å²) in [6, 6.07) is 23.5. The normalized spacial score (nSPS) is 11.0. The van der Waals surface area contributed by atoms with Crippen LogP contribution in [0.2, 0.25) is 5.02 Å². The highest BCUT2D eigenvalue weighted by Gasteiger charge is 2.22. The Morgan fingerprint density at radius 2 is 1.72 bits per heavy atom. The number of hydrogen-bond donors (Lipinski definition) is 1. The van der Waals surface area contributed by atoms with E-state index in [4.69, 9.17) is 11.6 Å². The highest BCUT2D eigenvalue weighted by molar-refractivity contribution is 7.90. The summed E-state index contributed by atoms with van der Waals surface area (Å²) >= 11 is 7.39. The zero-order valence-electron chi connectivity index (χ0n) is 19.0. The third kappa shape index (κ3) is 5.71. The number of thiophene rings is 1. The van der Waals surface area contributed by atoms with Gasteiger partial charge in [0.1, 0.15) is 0 Å². The monoisotopic (exact) mass is 534 g/mol. The number of sulfone groups is 1. The van der Waals surface area contributed by atoms with Gasteiger partial charge in [-0.1, -0.05) is 48.0 Å². The van der Waals surface area contributed by atoms with Crippen LogP contribution < -0.4 is 5.32 Å². The van der Waals surface area contributed by atoms with Crippen molar-refractivity contribution in [3.63, 3.8) is 0 Å². The first-order valence-corrected chi connectivity index (χ1v) is 13.8. The van der Waals surface area contributed by atoms with Crippen LogP contribution in [0.4, 0.5) is 5.00 Å². The van der Waals surface area contributed by atoms with Gasteiger partial charge in [0.05, 0.1) is 37.8 Å². The van der Waals surface area contributed by atoms with Crippen LogP contribution in [0, 0.1) is 11.3 Å². The summed E-state index contributed by atoms with van der Waals surface area (Å²) < 4.78 is 23.3. The number of carbonyl (C=O) groups excluding carboxylic acids is 2. The lowest BCUT2D eigenvalue weighted by molar-refractivity contribution is -0.115. The number of benzene rings is 3. The molecule has 36 heavy (non-hydrogen) atoms. The molecule has 3 aromatic carbocycles. The molecule has 4 aromatic rings. The molecule has 0 aliphatic carbocycles. The zero-order chi connectivity index (χ0) is 25.9. The summed E-state index contributed by atoms with van der Waals surface area (Å²) in [5.41, 5.74) is 2.67. The molecule has 0 radical (unpaired) electrons. The minimum Gasteiger partial charge on any atom is -0.317 e. The molecule has 0 bridgehead atoms. The van der Waals surface area contributed by atoms with Gasteiger partial charge in [0.25, 0.3) is 0 Å². The highest BCUT2D eigenvalue weighted by Crippen LogP contribution is 2.37. The Labute approximate surface area is 217 Å². The van der Waals surface area contributed by atoms with Crippen molar-refractivity contribution in [3.05, 3.63) is 105 Å². The van der Waals surface area contributed by atoms with Crippen molar-refractivity contribution in [1.82, 2.24) is 0 Å². The van der Waals surface area contributed by atoms with Gasteiger partial charge in [0.2, 0.25) is 11.7 Å². The van der Waals surface area contributed by atoms with Crippen molar-refractivity contribution in [1.29, 1.82) is 5.26 Å². The lowest BCUT2D eigenvalue weighted by Gasteiger charge is -2.05. The molecule has 0 aliphatic heterocycles. The van der Waals surface area contributed by atoms with Crippen LogP contribution >= 0.6 is 22.9 Å². The molecule has 9 heteroatoms. The summed E-state index contributed by atoms with van der Waals surface area (Å²) in [6.45, 7) is 0. The van der Waals surface area contributed by atoms with Crippen molar-refractivity contribution in [2.24, 2.45) is 0 Å². The maximum Gasteiger partial charge on any atom is 0.229 e. The van der Waals surface area contributed by atoms with E-state index in [0.717, 1.165) is 17.6 Å². The first-order valence-electron chi connectivity index (χ1n) is 10.7. The molecule has 0 saturated heterocycles. The fourth-order valence-corrected chi connectivity index (χ4v) is 5.48. The first kappa shape index (κ1) is 25.3. The number of nitrogens with one attached hydrogen (secondary N) is 1. The van der Waals surface area contributed by atoms with Crippen molar-refractivity contribution in [2.45, 2.75) is 11.3 Å². The summed E-state index contributed by atoms with van der Waals surface area (Å²) in [5.74, 6) is -0.614. The number of halogens is 1. The van der Waals surface area contributed by atoms with E-state index in [1.54, 1.807) is 66.7 Å². The molecule has 0 unspecified atom stereocenters. The summed E-state index contributed by atoms with van der Waals surface area (Å²) in [7, 11) is -3.32. The number of ketones is 1. The Kier molecular flexibility index (Phi) is 7.36. The molecule has 0 saturated carbocycles. The zero-order valence-corrected chi connectivity index (χ0v) is 21.4. The highest BCUT2D eigenvalue weighted by atomic mass is 35.5. The second kappa shape index (κ2) is 10.5. The van der Waals surface area contributed by atoms with Crippen LogP contribution in [0.1, 0.15) is 26.4 Å². The van der Waals surface area contributed by atoms with Crippen molar-refractivity contribution in [3.8, 4) is 17.2 Å². The van der Waals surface area contributed by atoms with E-state index >= 15 is 0 Å². The molecule has 4 rings (SSSR count). The second-order valence-electron chi connectivity index (χ2n) is 8.00. The van der Waals surface area contributed by atoms with Crippen LogP contribution in [0.5, 0.6) is 0 Å². The van der Waals surface area contributed by atoms with Gasteiger partial charge in [0.15, 0.2) is 9.84 Å². The van der Waals surface area contributed by atoms with Crippen LogP contribution in [0.25, 0.3) is 11.1 Å². The molecular formula is C27H19ClN2O4S2. The van der Waals surface area contributed by atoms with E-state index in [2.05, 4.69) is 11.4 Å². The smallest absolute Gasteiger partial charge is 0.229 e. The van der Waals surface area contributed by atoms with E-state index in [-0.39, 0.29) is 23.0 Å². The average molecular weight is 535 g/mol. The van der Waals surface area contributed by atoms with Gasteiger partial charge in [-0.2, -0.15) is 5.26 Å². The van der Waals surface area contributed by atoms with E-state index < -0.39 is 9.84 Å². The number of carbonyl (C=O) groups is 2. The number of nitrogens with zero attached hydrogens (tertiary/aromatic N) is 1. The van der Waals surface area contributed by atoms with E-state index in [0.29, 0.717) is 42.7 Å². The second-order valence-corrected chi connectivity index (χ2v) is 11.5. The third-order valence-corrected chi connectivity index (χ3v) is 7.85. The van der Waals surface area contributed by atoms with Crippen molar-refractivity contribution in [2.75, 3.05) is 11.6 Å². The molecule has 0 aliphatic rings. The Hall–Kier alpha value is -3.77. The Bertz CT molecular complexity index is 1620. The van der Waals surface area contributed by atoms with Gasteiger partial charge >= 0.3 is 0 Å². The summed E-state index contributed by atoms with van der Waals surface area (Å²) in [6.07, 6.45) is 1.14. The van der Waals surface area contributed by atoms with E-state index in [1.807, 2.05) is 0 Å². The third-order valence-electron chi connectivity index (χ3n) is 5.34. The lowest BCUT2D eigenvalue weighted by Crippen LogP contribution is -2.13. The number of rotatable bonds is 7. The number of nitriles is 1. The van der Waals surface area contributed by atoms with Gasteiger partial charge in [-0.3, -0.25) is 9.59 Å². The molecule has 1 heterocycles. The number of anilines is 1. The topological polar surface area (TPSA) is 104 Å². The minimum atomic E-state index is -3.32. The average Bonchev–Trinajstić information content (AvgIpc) is 3.27. The van der Waals surface area contributed by atoms with Gasteiger partial charge < -0.3 is 5.32 Å². The van der Waals surface area contributed by atoms with Crippen LogP contribution in [-0.2, 0) is 21.1 Å². The molecule has 6 nitrogen and oxygen atoms in total. The molecule has 0 fully saturated rings. The predicted molar refractivity (Wildman–Crippen MR) is 141 cm³/mol. The Morgan fingerprint density at radius 3 is 2.39 bits per heavy atom. The maximum absolute atomic E-state index is 13.4. The van der Waals surface area contributed by atoms with E-state index in [9.17, 15) is 23.3 Å². The molecule has 0 atom stereocenters. The largest absolute Gasteiger partial charge is 0.317 e. The molecule has 1 aromatic heterocycles. The Morgan fingerprint density at radius 1 is 1.00 bits per heavy atom. The lowest BCUT2D eigenvalue weighted by atomic mass is 10.00. The van der Waals surface area contributed by atoms with E-state index in [1.165, 1.54) is 12.1 Å². The molecule has 0 spiro atoms. The standard InChI is InChI=1S/C27H19ClN2O4S2/c1-36(33,34)20-11-9-17(10-12-20)14-24(31)30-25-15-22(19-6-4-5-18(13-19)16-29)27(35-25)26(32)21-7-2-3-8-23(21)28/h2-13,15H,14H2,1H3,(H,30,31). The fraction of sp³-hybridized carbons (Fsp3) is 0.0741. The van der Waals surface area contributed by atoms with Gasteiger partial charge in [0, 0.05) is 17.4 Å². The molecule has 180 valence electrons. The van der Waals surface area contributed by atoms with Crippen molar-refractivity contribution >= 4 is 49.5 Å². The van der Waals surface area contributed by atoms with Gasteiger partial charge in [-0.25, -0.2) is 8.42 Å². The first-order chi connectivity index (χ1) is 17.2. The SMILES string of the molecule is CS(=O)(=O)c1ccc(CC(=O)Nc2cc(-c3cccc(C#N)c3)c(C(=O)c3ccccc3Cl)s2)cc1. The predicted octanol–water partition coefficient (Wildman–Crippen LogP) is 5.76. The molecular weight excluding hydrogens is 516 g/mol. The number of amides is 1. The van der Waals surface area contributed by atoms with Gasteiger partial charge in [-0.15, -0.1) is 11.3 Å². The van der Waals surface area contributed by atoms with Gasteiger partial charge in [-0.05, 0) is 53.6 Å². The summed E-state index contributed by atoms with van der Waals surface area (Å²) in [4.78, 5) is 26.7. The Balaban J connectivity index is 1.65.